The highest BCUT2D eigenvalue weighted by atomic mass is 19.3. The van der Waals surface area contributed by atoms with Crippen molar-refractivity contribution < 1.29 is 22.6 Å². The van der Waals surface area contributed by atoms with Crippen LogP contribution in [0.1, 0.15) is 23.0 Å². The molecule has 0 radical (unpaired) electrons. The molecule has 0 amide bonds. The van der Waals surface area contributed by atoms with E-state index in [1.54, 1.807) is 30.3 Å². The quantitative estimate of drug-likeness (QED) is 0.186. The van der Waals surface area contributed by atoms with Gasteiger partial charge in [0.25, 0.3) is 12.4 Å². The van der Waals surface area contributed by atoms with Crippen molar-refractivity contribution in [3.05, 3.63) is 88.1 Å². The predicted octanol–water partition coefficient (Wildman–Crippen LogP) is 2.63. The first kappa shape index (κ1) is 25.2. The van der Waals surface area contributed by atoms with Crippen LogP contribution in [0.5, 0.6) is 11.5 Å². The highest BCUT2D eigenvalue weighted by Crippen LogP contribution is 2.35. The van der Waals surface area contributed by atoms with Crippen molar-refractivity contribution >= 4 is 11.5 Å². The van der Waals surface area contributed by atoms with Gasteiger partial charge in [-0.3, -0.25) is 10.4 Å². The second-order valence-corrected chi connectivity index (χ2v) is 7.58. The van der Waals surface area contributed by atoms with Crippen LogP contribution in [0.15, 0.2) is 59.7 Å². The van der Waals surface area contributed by atoms with E-state index in [-0.39, 0.29) is 28.9 Å². The molecule has 0 aliphatic carbocycles. The lowest BCUT2D eigenvalue weighted by atomic mass is 10.0. The average molecular weight is 514 g/mol. The standard InChI is InChI=1S/C23H21F3N8O3/c1-36-14-9-15(18(26)16(10-14)37-11-17(24)25)19(31-13-5-3-12(4-6-13)20(27)28)21-32-23(35)34(33-21)22-29-7-2-8-30-22/h2-10,17,19,31H,11H2,1H3,(H3,27,28)(H,32,33,35). The Hall–Kier alpha value is -4.88. The molecule has 5 N–H and O–H groups in total. The van der Waals surface area contributed by atoms with E-state index in [1.165, 1.54) is 25.6 Å². The zero-order chi connectivity index (χ0) is 26.5. The second kappa shape index (κ2) is 10.8. The fourth-order valence-electron chi connectivity index (χ4n) is 3.39. The fraction of sp³-hybridized carbons (Fsp3) is 0.174. The van der Waals surface area contributed by atoms with E-state index in [0.717, 1.165) is 10.7 Å². The Labute approximate surface area is 207 Å². The molecule has 0 fully saturated rings. The molecule has 2 aromatic heterocycles. The zero-order valence-corrected chi connectivity index (χ0v) is 19.3. The molecule has 0 aliphatic heterocycles. The van der Waals surface area contributed by atoms with Crippen molar-refractivity contribution in [3.63, 3.8) is 0 Å². The van der Waals surface area contributed by atoms with Gasteiger partial charge in [-0.15, -0.1) is 9.78 Å². The molecule has 1 atom stereocenters. The van der Waals surface area contributed by atoms with E-state index in [2.05, 4.69) is 25.4 Å². The molecule has 14 heteroatoms. The number of rotatable bonds is 10. The summed E-state index contributed by atoms with van der Waals surface area (Å²) in [4.78, 5) is 23.2. The number of H-pyrrole nitrogens is 1. The lowest BCUT2D eigenvalue weighted by Crippen LogP contribution is -2.18. The lowest BCUT2D eigenvalue weighted by molar-refractivity contribution is 0.0796. The van der Waals surface area contributed by atoms with Crippen molar-refractivity contribution in [2.45, 2.75) is 12.5 Å². The van der Waals surface area contributed by atoms with E-state index in [0.29, 0.717) is 11.3 Å². The van der Waals surface area contributed by atoms with Gasteiger partial charge >= 0.3 is 5.69 Å². The number of hydrogen-bond acceptors (Lipinski definition) is 8. The number of alkyl halides is 2. The van der Waals surface area contributed by atoms with E-state index in [4.69, 9.17) is 20.6 Å². The van der Waals surface area contributed by atoms with Crippen LogP contribution in [0.25, 0.3) is 5.95 Å². The van der Waals surface area contributed by atoms with Gasteiger partial charge in [0.05, 0.1) is 7.11 Å². The molecule has 1 unspecified atom stereocenters. The molecule has 2 heterocycles. The Kier molecular flexibility index (Phi) is 7.36. The Bertz CT molecular complexity index is 1440. The summed E-state index contributed by atoms with van der Waals surface area (Å²) in [7, 11) is 1.32. The number of benzene rings is 2. The van der Waals surface area contributed by atoms with E-state index in [1.807, 2.05) is 0 Å². The number of amidine groups is 1. The Morgan fingerprint density at radius 2 is 1.92 bits per heavy atom. The molecular formula is C23H21F3N8O3. The molecular weight excluding hydrogens is 493 g/mol. The Balaban J connectivity index is 1.83. The van der Waals surface area contributed by atoms with E-state index >= 15 is 4.39 Å². The molecule has 0 aliphatic rings. The van der Waals surface area contributed by atoms with Gasteiger partial charge in [-0.1, -0.05) is 0 Å². The number of nitrogens with zero attached hydrogens (tertiary/aromatic N) is 4. The minimum atomic E-state index is -2.83. The molecule has 4 aromatic rings. The molecule has 2 aromatic carbocycles. The number of nitrogens with one attached hydrogen (secondary N) is 3. The number of ether oxygens (including phenoxy) is 2. The van der Waals surface area contributed by atoms with Crippen molar-refractivity contribution in [2.24, 2.45) is 5.73 Å². The van der Waals surface area contributed by atoms with Crippen molar-refractivity contribution in [1.82, 2.24) is 24.7 Å². The van der Waals surface area contributed by atoms with Crippen LogP contribution in [0, 0.1) is 11.2 Å². The van der Waals surface area contributed by atoms with Crippen LogP contribution in [-0.4, -0.2) is 50.7 Å². The number of nitrogens with two attached hydrogens (primary N) is 1. The second-order valence-electron chi connectivity index (χ2n) is 7.58. The van der Waals surface area contributed by atoms with Gasteiger partial charge in [0.1, 0.15) is 24.2 Å². The maximum absolute atomic E-state index is 15.6. The third-order valence-corrected chi connectivity index (χ3v) is 5.11. The van der Waals surface area contributed by atoms with Crippen molar-refractivity contribution in [1.29, 1.82) is 5.41 Å². The number of methoxy groups -OCH3 is 1. The van der Waals surface area contributed by atoms with E-state index in [9.17, 15) is 13.6 Å². The summed E-state index contributed by atoms with van der Waals surface area (Å²) in [5.74, 6) is -1.53. The van der Waals surface area contributed by atoms with Gasteiger partial charge in [-0.25, -0.2) is 27.9 Å². The first-order chi connectivity index (χ1) is 17.8. The van der Waals surface area contributed by atoms with Crippen LogP contribution in [0.3, 0.4) is 0 Å². The third-order valence-electron chi connectivity index (χ3n) is 5.11. The number of nitrogen functional groups attached to an aromatic ring is 1. The van der Waals surface area contributed by atoms with Crippen molar-refractivity contribution in [3.8, 4) is 17.4 Å². The highest BCUT2D eigenvalue weighted by molar-refractivity contribution is 5.95. The largest absolute Gasteiger partial charge is 0.497 e. The maximum Gasteiger partial charge on any atom is 0.350 e. The molecule has 11 nitrogen and oxygen atoms in total. The zero-order valence-electron chi connectivity index (χ0n) is 19.3. The van der Waals surface area contributed by atoms with Crippen LogP contribution >= 0.6 is 0 Å². The van der Waals surface area contributed by atoms with E-state index < -0.39 is 36.3 Å². The molecule has 37 heavy (non-hydrogen) atoms. The first-order valence-corrected chi connectivity index (χ1v) is 10.7. The predicted molar refractivity (Wildman–Crippen MR) is 127 cm³/mol. The molecule has 4 rings (SSSR count). The third kappa shape index (κ3) is 5.69. The summed E-state index contributed by atoms with van der Waals surface area (Å²) in [6, 6.07) is 9.17. The highest BCUT2D eigenvalue weighted by Gasteiger charge is 2.27. The smallest absolute Gasteiger partial charge is 0.350 e. The van der Waals surface area contributed by atoms with Gasteiger partial charge in [-0.05, 0) is 36.4 Å². The summed E-state index contributed by atoms with van der Waals surface area (Å²) >= 11 is 0. The molecule has 0 spiro atoms. The minimum Gasteiger partial charge on any atom is -0.497 e. The Morgan fingerprint density at radius 1 is 1.22 bits per heavy atom. The van der Waals surface area contributed by atoms with Gasteiger partial charge in [0, 0.05) is 35.3 Å². The maximum atomic E-state index is 15.6. The summed E-state index contributed by atoms with van der Waals surface area (Å²) in [6.07, 6.45) is 0.00816. The Morgan fingerprint density at radius 3 is 2.54 bits per heavy atom. The number of halogens is 3. The molecule has 192 valence electrons. The molecule has 0 saturated carbocycles. The number of hydrogen-bond donors (Lipinski definition) is 4. The van der Waals surface area contributed by atoms with Crippen LogP contribution in [0.4, 0.5) is 18.9 Å². The first-order valence-electron chi connectivity index (χ1n) is 10.7. The molecule has 0 bridgehead atoms. The summed E-state index contributed by atoms with van der Waals surface area (Å²) in [5.41, 5.74) is 5.59. The summed E-state index contributed by atoms with van der Waals surface area (Å²) in [6.45, 7) is -1.04. The van der Waals surface area contributed by atoms with Gasteiger partial charge in [-0.2, -0.15) is 0 Å². The number of aromatic amines is 1. The lowest BCUT2D eigenvalue weighted by Gasteiger charge is -2.21. The van der Waals surface area contributed by atoms with Crippen molar-refractivity contribution in [2.75, 3.05) is 19.0 Å². The summed E-state index contributed by atoms with van der Waals surface area (Å²) < 4.78 is 52.2. The average Bonchev–Trinajstić information content (AvgIpc) is 3.28. The fourth-order valence-corrected chi connectivity index (χ4v) is 3.39. The van der Waals surface area contributed by atoms with Gasteiger partial charge < -0.3 is 20.5 Å². The SMILES string of the molecule is COc1cc(OCC(F)F)c(F)c(C(Nc2ccc(C(=N)N)cc2)c2nn(-c3ncccn3)c(=O)[nH]2)c1. The van der Waals surface area contributed by atoms with Crippen LogP contribution < -0.4 is 26.2 Å². The topological polar surface area (TPSA) is 157 Å². The van der Waals surface area contributed by atoms with Gasteiger partial charge in [0.15, 0.2) is 17.4 Å². The van der Waals surface area contributed by atoms with Crippen LogP contribution in [-0.2, 0) is 0 Å². The number of aromatic nitrogens is 5. The monoisotopic (exact) mass is 514 g/mol. The number of anilines is 1. The minimum absolute atomic E-state index is 0.0216. The van der Waals surface area contributed by atoms with Gasteiger partial charge in [0.2, 0.25) is 0 Å². The van der Waals surface area contributed by atoms with Crippen LogP contribution in [0.2, 0.25) is 0 Å². The summed E-state index contributed by atoms with van der Waals surface area (Å²) in [5, 5.41) is 14.8. The normalized spacial score (nSPS) is 11.8. The molecule has 0 saturated heterocycles.